The second-order valence-electron chi connectivity index (χ2n) is 13.1. The normalized spacial score (nSPS) is 18.6. The number of allylic oxidation sites excluding steroid dienone is 4. The van der Waals surface area contributed by atoms with Gasteiger partial charge in [0.1, 0.15) is 0 Å². The van der Waals surface area contributed by atoms with Crippen LogP contribution >= 0.6 is 34.0 Å². The highest BCUT2D eigenvalue weighted by Crippen LogP contribution is 2.67. The van der Waals surface area contributed by atoms with Gasteiger partial charge in [-0.2, -0.15) is 0 Å². The molecule has 7 heteroatoms. The molecule has 0 amide bonds. The van der Waals surface area contributed by atoms with Crippen LogP contribution in [0.2, 0.25) is 0 Å². The molecule has 0 N–H and O–H groups in total. The Hall–Kier alpha value is -4.30. The Morgan fingerprint density at radius 3 is 1.53 bits per heavy atom. The third-order valence-corrected chi connectivity index (χ3v) is 13.3. The molecule has 0 atom stereocenters. The number of carbonyl (C=O) groups excluding carboxylic acids is 4. The van der Waals surface area contributed by atoms with Crippen molar-refractivity contribution in [3.8, 4) is 0 Å². The van der Waals surface area contributed by atoms with Crippen LogP contribution in [0.3, 0.4) is 0 Å². The quantitative estimate of drug-likeness (QED) is 0.142. The van der Waals surface area contributed by atoms with Gasteiger partial charge in [-0.15, -0.1) is 34.0 Å². The van der Waals surface area contributed by atoms with Gasteiger partial charge in [0.2, 0.25) is 0 Å². The van der Waals surface area contributed by atoms with Gasteiger partial charge in [-0.05, 0) is 46.6 Å². The van der Waals surface area contributed by atoms with E-state index in [2.05, 4.69) is 39.8 Å². The minimum atomic E-state index is -0.277. The van der Waals surface area contributed by atoms with Crippen LogP contribution in [0.25, 0.3) is 32.7 Å². The molecule has 0 radical (unpaired) electrons. The summed E-state index contributed by atoms with van der Waals surface area (Å²) in [7, 11) is 0. The molecule has 0 saturated heterocycles. The van der Waals surface area contributed by atoms with E-state index >= 15 is 0 Å². The smallest absolute Gasteiger partial charge is 0.197 e. The van der Waals surface area contributed by atoms with Gasteiger partial charge in [-0.25, -0.2) is 0 Å². The molecule has 4 aliphatic carbocycles. The summed E-state index contributed by atoms with van der Waals surface area (Å²) in [6.07, 6.45) is 3.55. The molecule has 3 heterocycles. The Balaban J connectivity index is 1.12. The first-order valence-electron chi connectivity index (χ1n) is 14.8. The molecule has 0 saturated carbocycles. The Bertz CT molecular complexity index is 2320. The minimum Gasteiger partial charge on any atom is -0.288 e. The first-order chi connectivity index (χ1) is 21.5. The molecule has 0 spiro atoms. The number of rotatable bonds is 2. The lowest BCUT2D eigenvalue weighted by Gasteiger charge is -2.24. The van der Waals surface area contributed by atoms with E-state index in [0.29, 0.717) is 22.3 Å². The van der Waals surface area contributed by atoms with Gasteiger partial charge in [0.05, 0.1) is 15.8 Å². The van der Waals surface area contributed by atoms with Crippen molar-refractivity contribution in [3.63, 3.8) is 0 Å². The van der Waals surface area contributed by atoms with Crippen molar-refractivity contribution in [2.45, 2.75) is 38.5 Å². The zero-order valence-corrected chi connectivity index (χ0v) is 27.2. The van der Waals surface area contributed by atoms with Gasteiger partial charge in [-0.3, -0.25) is 19.2 Å². The van der Waals surface area contributed by atoms with Crippen molar-refractivity contribution in [1.82, 2.24) is 0 Å². The summed E-state index contributed by atoms with van der Waals surface area (Å²) in [5.41, 5.74) is 7.06. The number of ketones is 4. The summed E-state index contributed by atoms with van der Waals surface area (Å²) in [4.78, 5) is 56.7. The Morgan fingerprint density at radius 1 is 0.556 bits per heavy atom. The van der Waals surface area contributed by atoms with Crippen molar-refractivity contribution in [2.24, 2.45) is 0 Å². The van der Waals surface area contributed by atoms with Crippen LogP contribution in [-0.2, 0) is 10.8 Å². The molecule has 4 aliphatic rings. The van der Waals surface area contributed by atoms with Crippen LogP contribution < -0.4 is 0 Å². The van der Waals surface area contributed by atoms with Crippen molar-refractivity contribution >= 4 is 89.8 Å². The van der Waals surface area contributed by atoms with Crippen LogP contribution in [-0.4, -0.2) is 23.1 Å². The highest BCUT2D eigenvalue weighted by Gasteiger charge is 2.53. The van der Waals surface area contributed by atoms with Gasteiger partial charge in [-0.1, -0.05) is 76.2 Å². The topological polar surface area (TPSA) is 68.3 Å². The van der Waals surface area contributed by atoms with Gasteiger partial charge < -0.3 is 0 Å². The fourth-order valence-electron chi connectivity index (χ4n) is 7.62. The molecule has 2 aromatic carbocycles. The maximum absolute atomic E-state index is 13.1. The maximum Gasteiger partial charge on any atom is 0.197 e. The fraction of sp³-hybridized carbons (Fsp3) is 0.158. The van der Waals surface area contributed by atoms with Crippen molar-refractivity contribution < 1.29 is 19.2 Å². The van der Waals surface area contributed by atoms with Crippen LogP contribution in [0, 0.1) is 0 Å². The summed E-state index contributed by atoms with van der Waals surface area (Å²) in [5, 5.41) is 0. The van der Waals surface area contributed by atoms with E-state index in [1.165, 1.54) is 41.4 Å². The summed E-state index contributed by atoms with van der Waals surface area (Å²) in [5.74, 6) is -0.827. The molecule has 5 aromatic rings. The maximum atomic E-state index is 13.1. The molecular formula is C38H24O4S3. The van der Waals surface area contributed by atoms with Gasteiger partial charge in [0, 0.05) is 57.3 Å². The second kappa shape index (κ2) is 8.69. The third kappa shape index (κ3) is 3.35. The van der Waals surface area contributed by atoms with E-state index in [9.17, 15) is 19.2 Å². The molecule has 0 fully saturated rings. The van der Waals surface area contributed by atoms with Crippen LogP contribution in [0.4, 0.5) is 0 Å². The van der Waals surface area contributed by atoms with Gasteiger partial charge in [0.25, 0.3) is 0 Å². The lowest BCUT2D eigenvalue weighted by Crippen LogP contribution is -2.16. The lowest BCUT2D eigenvalue weighted by molar-refractivity contribution is 0.0975. The van der Waals surface area contributed by atoms with E-state index in [1.807, 2.05) is 0 Å². The Morgan fingerprint density at radius 2 is 1.02 bits per heavy atom. The average Bonchev–Trinajstić information content (AvgIpc) is 3.84. The van der Waals surface area contributed by atoms with E-state index in [4.69, 9.17) is 0 Å². The standard InChI is InChI=1S/C38H24O4S3/c1-37(2)25-15-17(13-23-30(39)19-9-5-6-10-20(19)31(23)40)43-34(25)27-28(37)36-29(38(27,3)4)35-26(45-36)16-18(44-35)14-24-32(41)21-11-7-8-12-22(21)33(24)42/h5-16H,1-4H3. The minimum absolute atomic E-state index is 0.206. The van der Waals surface area contributed by atoms with Crippen LogP contribution in [0.15, 0.2) is 71.8 Å². The number of Topliss-reactive ketones (excluding diaryl/α,β-unsaturated/α-hetero) is 4. The summed E-state index contributed by atoms with van der Waals surface area (Å²) >= 11 is 5.09. The number of hydrogen-bond acceptors (Lipinski definition) is 7. The molecule has 0 bridgehead atoms. The lowest BCUT2D eigenvalue weighted by atomic mass is 9.80. The monoisotopic (exact) mass is 640 g/mol. The number of carbonyl (C=O) groups is 4. The Kier molecular flexibility index (Phi) is 5.23. The van der Waals surface area contributed by atoms with Crippen LogP contribution in [0.5, 0.6) is 0 Å². The van der Waals surface area contributed by atoms with E-state index in [0.717, 1.165) is 9.75 Å². The highest BCUT2D eigenvalue weighted by molar-refractivity contribution is 7.29. The number of benzene rings is 2. The van der Waals surface area contributed by atoms with E-state index in [1.54, 1.807) is 94.7 Å². The molecule has 4 nitrogen and oxygen atoms in total. The zero-order chi connectivity index (χ0) is 31.2. The SMILES string of the molecule is CC1(C)C2=C(c3sc(C=C4C(=O)c5ccccc5C4=O)cc31)C(C)(C)c1c2sc2cc(C=C3C(=O)c4ccccc4C3=O)sc12. The zero-order valence-electron chi connectivity index (χ0n) is 24.8. The number of thiophene rings is 3. The molecule has 45 heavy (non-hydrogen) atoms. The third-order valence-electron chi connectivity index (χ3n) is 9.77. The van der Waals surface area contributed by atoms with E-state index in [-0.39, 0.29) is 45.1 Å². The first kappa shape index (κ1) is 27.0. The molecule has 9 rings (SSSR count). The van der Waals surface area contributed by atoms with Gasteiger partial charge >= 0.3 is 0 Å². The average molecular weight is 641 g/mol. The Labute approximate surface area is 271 Å². The predicted molar refractivity (Wildman–Crippen MR) is 183 cm³/mol. The second-order valence-corrected chi connectivity index (χ2v) is 16.3. The van der Waals surface area contributed by atoms with E-state index < -0.39 is 0 Å². The van der Waals surface area contributed by atoms with Crippen molar-refractivity contribution in [1.29, 1.82) is 0 Å². The molecule has 0 aliphatic heterocycles. The first-order valence-corrected chi connectivity index (χ1v) is 17.2. The molecule has 218 valence electrons. The summed E-state index contributed by atoms with van der Waals surface area (Å²) in [6.45, 7) is 9.10. The highest BCUT2D eigenvalue weighted by atomic mass is 32.1. The largest absolute Gasteiger partial charge is 0.288 e. The number of fused-ring (bicyclic) bond motifs is 8. The molecule has 0 unspecified atom stereocenters. The fourth-order valence-corrected chi connectivity index (χ4v) is 12.2. The van der Waals surface area contributed by atoms with Crippen LogP contribution in [0.1, 0.15) is 99.8 Å². The van der Waals surface area contributed by atoms with Crippen molar-refractivity contribution in [3.05, 3.63) is 125 Å². The summed E-state index contributed by atoms with van der Waals surface area (Å²) < 4.78 is 2.37. The number of hydrogen-bond donors (Lipinski definition) is 0. The summed E-state index contributed by atoms with van der Waals surface area (Å²) in [6, 6.07) is 18.3. The molecular weight excluding hydrogens is 617 g/mol. The molecule has 3 aromatic heterocycles. The van der Waals surface area contributed by atoms with Gasteiger partial charge in [0.15, 0.2) is 23.1 Å². The predicted octanol–water partition coefficient (Wildman–Crippen LogP) is 9.44. The van der Waals surface area contributed by atoms with Crippen molar-refractivity contribution in [2.75, 3.05) is 0 Å².